The molecule has 356 valence electrons. The third kappa shape index (κ3) is 7.47. The Kier molecular flexibility index (Phi) is 11.2. The zero-order chi connectivity index (χ0) is 50.4. The van der Waals surface area contributed by atoms with Gasteiger partial charge in [0.25, 0.3) is 0 Å². The van der Waals surface area contributed by atoms with Crippen molar-refractivity contribution in [2.45, 2.75) is 5.41 Å². The molecule has 0 radical (unpaired) electrons. The maximum Gasteiger partial charge on any atom is 0.0714 e. The summed E-state index contributed by atoms with van der Waals surface area (Å²) in [5.74, 6) is 0. The second-order valence-corrected chi connectivity index (χ2v) is 19.9. The summed E-state index contributed by atoms with van der Waals surface area (Å²) in [4.78, 5) is 2.54. The fourth-order valence-corrected chi connectivity index (χ4v) is 12.4. The summed E-state index contributed by atoms with van der Waals surface area (Å²) < 4.78 is 0. The number of hydrogen-bond donors (Lipinski definition) is 0. The van der Waals surface area contributed by atoms with Crippen LogP contribution in [-0.2, 0) is 5.41 Å². The third-order valence-electron chi connectivity index (χ3n) is 15.8. The van der Waals surface area contributed by atoms with Gasteiger partial charge >= 0.3 is 0 Å². The molecule has 1 aliphatic rings. The van der Waals surface area contributed by atoms with E-state index in [1.54, 1.807) is 0 Å². The fraction of sp³-hybridized carbons (Fsp3) is 0.0133. The van der Waals surface area contributed by atoms with Gasteiger partial charge in [-0.25, -0.2) is 0 Å². The minimum Gasteiger partial charge on any atom is -0.309 e. The summed E-state index contributed by atoms with van der Waals surface area (Å²) in [7, 11) is 0. The van der Waals surface area contributed by atoms with Gasteiger partial charge in [0, 0.05) is 22.3 Å². The van der Waals surface area contributed by atoms with Crippen LogP contribution in [0.15, 0.2) is 309 Å². The zero-order valence-electron chi connectivity index (χ0n) is 41.9. The van der Waals surface area contributed by atoms with Crippen molar-refractivity contribution in [3.63, 3.8) is 0 Å². The highest BCUT2D eigenvalue weighted by Gasteiger charge is 2.46. The van der Waals surface area contributed by atoms with Gasteiger partial charge in [0.05, 0.1) is 11.1 Å². The summed E-state index contributed by atoms with van der Waals surface area (Å²) in [6.07, 6.45) is 0. The zero-order valence-corrected chi connectivity index (χ0v) is 41.9. The lowest BCUT2D eigenvalue weighted by Gasteiger charge is -2.36. The number of hydrogen-bond acceptors (Lipinski definition) is 1. The van der Waals surface area contributed by atoms with E-state index in [2.05, 4.69) is 314 Å². The molecule has 0 spiro atoms. The molecule has 14 rings (SSSR count). The number of nitrogens with zero attached hydrogens (tertiary/aromatic N) is 1. The smallest absolute Gasteiger partial charge is 0.0714 e. The number of rotatable bonds is 10. The van der Waals surface area contributed by atoms with Gasteiger partial charge < -0.3 is 4.90 Å². The second-order valence-electron chi connectivity index (χ2n) is 19.9. The van der Waals surface area contributed by atoms with Gasteiger partial charge in [-0.1, -0.05) is 279 Å². The van der Waals surface area contributed by atoms with Crippen molar-refractivity contribution in [3.05, 3.63) is 332 Å². The Hall–Kier alpha value is -9.82. The van der Waals surface area contributed by atoms with Crippen molar-refractivity contribution >= 4 is 38.6 Å². The van der Waals surface area contributed by atoms with Crippen LogP contribution in [0.2, 0.25) is 0 Å². The van der Waals surface area contributed by atoms with Gasteiger partial charge in [-0.05, 0) is 130 Å². The Morgan fingerprint density at radius 3 is 1.25 bits per heavy atom. The largest absolute Gasteiger partial charge is 0.309 e. The molecule has 0 amide bonds. The van der Waals surface area contributed by atoms with Crippen LogP contribution in [0.25, 0.3) is 88.3 Å². The summed E-state index contributed by atoms with van der Waals surface area (Å²) >= 11 is 0. The van der Waals surface area contributed by atoms with Crippen molar-refractivity contribution in [1.82, 2.24) is 0 Å². The molecule has 13 aromatic rings. The Bertz CT molecular complexity index is 4210. The molecule has 1 heteroatoms. The molecule has 76 heavy (non-hydrogen) atoms. The van der Waals surface area contributed by atoms with E-state index >= 15 is 0 Å². The second kappa shape index (κ2) is 18.9. The summed E-state index contributed by atoms with van der Waals surface area (Å²) in [6, 6.07) is 114. The predicted molar refractivity (Wildman–Crippen MR) is 321 cm³/mol. The van der Waals surface area contributed by atoms with E-state index < -0.39 is 5.41 Å². The summed E-state index contributed by atoms with van der Waals surface area (Å²) in [6.45, 7) is 0. The topological polar surface area (TPSA) is 3.24 Å². The van der Waals surface area contributed by atoms with Crippen molar-refractivity contribution < 1.29 is 0 Å². The maximum atomic E-state index is 2.54. The standard InChI is InChI=1S/C75H51N/c1-4-22-52(23-5-1)57-26-20-27-58(50-57)53-42-44-56(45-43-53)73-69-38-14-12-34-65(69)66-35-13-15-39-70(66)74(73)76(61-48-46-55(47-49-61)64-33-11-10-32-63(64)54-24-6-2-7-25-54)62-31-21-30-60(51-62)75(59-28-8-3-9-29-59)71-40-18-16-36-67(71)68-37-17-19-41-72(68)75/h1-51H. The fourth-order valence-electron chi connectivity index (χ4n) is 12.4. The van der Waals surface area contributed by atoms with Gasteiger partial charge in [0.1, 0.15) is 0 Å². The minimum atomic E-state index is -0.580. The van der Waals surface area contributed by atoms with Crippen molar-refractivity contribution in [2.24, 2.45) is 0 Å². The van der Waals surface area contributed by atoms with Crippen LogP contribution >= 0.6 is 0 Å². The lowest BCUT2D eigenvalue weighted by molar-refractivity contribution is 0.768. The third-order valence-corrected chi connectivity index (χ3v) is 15.8. The van der Waals surface area contributed by atoms with E-state index in [0.29, 0.717) is 0 Å². The SMILES string of the molecule is c1ccc(-c2cccc(-c3ccc(-c4c(N(c5ccc(-c6ccccc6-c6ccccc6)cc5)c5cccc(C6(c7ccccc7)c7ccccc7-c7ccccc76)c5)c5ccccc5c5ccccc45)cc3)c2)cc1. The molecule has 1 nitrogen and oxygen atoms in total. The van der Waals surface area contributed by atoms with Gasteiger partial charge in [-0.3, -0.25) is 0 Å². The highest BCUT2D eigenvalue weighted by Crippen LogP contribution is 2.57. The summed E-state index contributed by atoms with van der Waals surface area (Å²) in [5.41, 5.74) is 22.1. The molecule has 13 aromatic carbocycles. The molecule has 0 atom stereocenters. The van der Waals surface area contributed by atoms with Gasteiger partial charge in [0.15, 0.2) is 0 Å². The maximum absolute atomic E-state index is 2.54. The molecule has 0 fully saturated rings. The molecular weight excluding hydrogens is 915 g/mol. The van der Waals surface area contributed by atoms with E-state index in [9.17, 15) is 0 Å². The lowest BCUT2D eigenvalue weighted by Crippen LogP contribution is -2.28. The van der Waals surface area contributed by atoms with Crippen LogP contribution in [0, 0.1) is 0 Å². The predicted octanol–water partition coefficient (Wildman–Crippen LogP) is 20.2. The summed E-state index contributed by atoms with van der Waals surface area (Å²) in [5, 5.41) is 4.80. The first-order valence-corrected chi connectivity index (χ1v) is 26.3. The van der Waals surface area contributed by atoms with Crippen molar-refractivity contribution in [2.75, 3.05) is 4.90 Å². The molecule has 0 aliphatic heterocycles. The van der Waals surface area contributed by atoms with Crippen molar-refractivity contribution in [3.8, 4) is 66.8 Å². The molecule has 0 aromatic heterocycles. The quantitative estimate of drug-likeness (QED) is 0.123. The monoisotopic (exact) mass is 965 g/mol. The van der Waals surface area contributed by atoms with E-state index in [-0.39, 0.29) is 0 Å². The molecule has 0 N–H and O–H groups in total. The van der Waals surface area contributed by atoms with Crippen LogP contribution in [0.3, 0.4) is 0 Å². The Morgan fingerprint density at radius 2 is 0.632 bits per heavy atom. The average Bonchev–Trinajstić information content (AvgIpc) is 3.86. The molecule has 0 bridgehead atoms. The van der Waals surface area contributed by atoms with Gasteiger partial charge in [0.2, 0.25) is 0 Å². The Labute approximate surface area is 444 Å². The van der Waals surface area contributed by atoms with E-state index in [0.717, 1.165) is 28.2 Å². The molecular formula is C75H51N. The highest BCUT2D eigenvalue weighted by atomic mass is 15.1. The van der Waals surface area contributed by atoms with E-state index in [1.165, 1.54) is 99.4 Å². The number of anilines is 3. The first kappa shape index (κ1) is 44.8. The molecule has 0 heterocycles. The molecule has 0 saturated carbocycles. The molecule has 0 saturated heterocycles. The first-order valence-electron chi connectivity index (χ1n) is 26.3. The average molecular weight is 966 g/mol. The van der Waals surface area contributed by atoms with Crippen LogP contribution < -0.4 is 4.90 Å². The van der Waals surface area contributed by atoms with Gasteiger partial charge in [-0.15, -0.1) is 0 Å². The Balaban J connectivity index is 1.02. The van der Waals surface area contributed by atoms with Crippen molar-refractivity contribution in [1.29, 1.82) is 0 Å². The number of benzene rings is 13. The lowest BCUT2D eigenvalue weighted by atomic mass is 9.67. The van der Waals surface area contributed by atoms with Crippen LogP contribution in [0.5, 0.6) is 0 Å². The van der Waals surface area contributed by atoms with E-state index in [4.69, 9.17) is 0 Å². The van der Waals surface area contributed by atoms with Crippen LogP contribution in [0.1, 0.15) is 22.3 Å². The molecule has 0 unspecified atom stereocenters. The molecule has 1 aliphatic carbocycles. The van der Waals surface area contributed by atoms with Gasteiger partial charge in [-0.2, -0.15) is 0 Å². The van der Waals surface area contributed by atoms with Crippen LogP contribution in [0.4, 0.5) is 17.1 Å². The minimum absolute atomic E-state index is 0.580. The normalized spacial score (nSPS) is 12.3. The number of fused-ring (bicyclic) bond motifs is 6. The Morgan fingerprint density at radius 1 is 0.224 bits per heavy atom. The van der Waals surface area contributed by atoms with Crippen LogP contribution in [-0.4, -0.2) is 0 Å². The van der Waals surface area contributed by atoms with E-state index in [1.807, 2.05) is 0 Å². The highest BCUT2D eigenvalue weighted by molar-refractivity contribution is 6.22. The first-order chi connectivity index (χ1) is 37.7.